The van der Waals surface area contributed by atoms with Gasteiger partial charge in [-0.3, -0.25) is 4.79 Å². The first-order valence-corrected chi connectivity index (χ1v) is 19.3. The van der Waals surface area contributed by atoms with Crippen molar-refractivity contribution in [2.45, 2.75) is 180 Å². The molecule has 0 aromatic rings. The summed E-state index contributed by atoms with van der Waals surface area (Å²) >= 11 is 0. The van der Waals surface area contributed by atoms with Crippen molar-refractivity contribution in [1.29, 1.82) is 0 Å². The SMILES string of the molecule is CC[C@@H](O)C[C@@H]1O[C@@]2(CC[C@@H]1C)C[C@@H]1OC(=O)/C=C\[C@H](C)[C@@H](O)[C@H](C)[C@@H](O)C[C@@H](O)[C@](C)(O)CCC/C=C\[C@H](CC(C)C)C(=O)C[C@H](O2)[C@H]1C. The smallest absolute Gasteiger partial charge is 0.330 e. The van der Waals surface area contributed by atoms with E-state index < -0.39 is 65.8 Å². The van der Waals surface area contributed by atoms with Gasteiger partial charge in [0, 0.05) is 55.4 Å². The van der Waals surface area contributed by atoms with Crippen LogP contribution in [0.1, 0.15) is 126 Å². The molecule has 50 heavy (non-hydrogen) atoms. The summed E-state index contributed by atoms with van der Waals surface area (Å²) in [5, 5.41) is 54.2. The van der Waals surface area contributed by atoms with Gasteiger partial charge >= 0.3 is 5.97 Å². The summed E-state index contributed by atoms with van der Waals surface area (Å²) < 4.78 is 19.5. The van der Waals surface area contributed by atoms with E-state index in [0.717, 1.165) is 6.42 Å². The standard InChI is InChI=1S/C40H68O10/c1-9-30(41)20-33-25(4)16-18-40(49-33)23-35-28(7)34(50-40)21-32(43)29(19-24(2)3)13-11-10-12-17-39(8,47)36(44)22-31(42)27(6)38(46)26(5)14-15-37(45)48-35/h11,13-15,24-31,33-36,38,41-42,44,46-47H,9-10,12,16-23H2,1-8H3/b13-11-,15-14-/t25-,26-,27+,28+,29+,30+,31-,33-,34-,35-,36+,38+,39+,40+/m0/s1. The van der Waals surface area contributed by atoms with Gasteiger partial charge in [0.15, 0.2) is 5.79 Å². The van der Waals surface area contributed by atoms with Crippen molar-refractivity contribution < 1.29 is 49.3 Å². The van der Waals surface area contributed by atoms with Crippen LogP contribution in [-0.2, 0) is 23.8 Å². The second kappa shape index (κ2) is 18.9. The largest absolute Gasteiger partial charge is 0.459 e. The van der Waals surface area contributed by atoms with Crippen LogP contribution in [0.3, 0.4) is 0 Å². The monoisotopic (exact) mass is 708 g/mol. The molecule has 0 saturated carbocycles. The first-order chi connectivity index (χ1) is 23.4. The molecule has 0 aromatic heterocycles. The van der Waals surface area contributed by atoms with Gasteiger partial charge in [0.25, 0.3) is 0 Å². The lowest BCUT2D eigenvalue weighted by Gasteiger charge is -2.51. The van der Waals surface area contributed by atoms with Gasteiger partial charge in [0.05, 0.1) is 42.2 Å². The van der Waals surface area contributed by atoms with Crippen molar-refractivity contribution in [3.8, 4) is 0 Å². The van der Waals surface area contributed by atoms with Crippen molar-refractivity contribution >= 4 is 11.8 Å². The van der Waals surface area contributed by atoms with E-state index in [4.69, 9.17) is 14.2 Å². The number of hydrogen-bond donors (Lipinski definition) is 5. The van der Waals surface area contributed by atoms with Gasteiger partial charge in [-0.05, 0) is 63.7 Å². The molecule has 2 fully saturated rings. The molecule has 14 atom stereocenters. The number of carbonyl (C=O) groups excluding carboxylic acids is 2. The summed E-state index contributed by atoms with van der Waals surface area (Å²) in [6, 6.07) is 0. The molecule has 10 heteroatoms. The number of ketones is 1. The molecule has 0 aliphatic carbocycles. The first-order valence-electron chi connectivity index (χ1n) is 19.3. The number of rotatable bonds is 5. The molecule has 3 aliphatic rings. The molecule has 0 radical (unpaired) electrons. The molecular formula is C40H68O10. The average Bonchev–Trinajstić information content (AvgIpc) is 3.05. The predicted octanol–water partition coefficient (Wildman–Crippen LogP) is 5.41. The lowest BCUT2D eigenvalue weighted by Crippen LogP contribution is -2.57. The zero-order chi connectivity index (χ0) is 37.4. The molecule has 288 valence electrons. The van der Waals surface area contributed by atoms with E-state index in [-0.39, 0.29) is 54.8 Å². The second-order valence-electron chi connectivity index (χ2n) is 16.5. The van der Waals surface area contributed by atoms with Gasteiger partial charge in [0.1, 0.15) is 11.9 Å². The molecule has 0 unspecified atom stereocenters. The second-order valence-corrected chi connectivity index (χ2v) is 16.5. The van der Waals surface area contributed by atoms with Crippen LogP contribution in [0.4, 0.5) is 0 Å². The quantitative estimate of drug-likeness (QED) is 0.184. The Bertz CT molecular complexity index is 1140. The van der Waals surface area contributed by atoms with Crippen LogP contribution in [0.25, 0.3) is 0 Å². The zero-order valence-corrected chi connectivity index (χ0v) is 31.9. The highest BCUT2D eigenvalue weighted by Gasteiger charge is 2.52. The predicted molar refractivity (Wildman–Crippen MR) is 192 cm³/mol. The van der Waals surface area contributed by atoms with Gasteiger partial charge in [-0.2, -0.15) is 0 Å². The van der Waals surface area contributed by atoms with E-state index in [1.54, 1.807) is 26.8 Å². The molecule has 1 spiro atoms. The van der Waals surface area contributed by atoms with Crippen LogP contribution in [0, 0.1) is 35.5 Å². The maximum absolute atomic E-state index is 14.0. The third kappa shape index (κ3) is 11.9. The molecule has 10 nitrogen and oxygen atoms in total. The molecule has 3 heterocycles. The van der Waals surface area contributed by atoms with E-state index in [2.05, 4.69) is 20.8 Å². The summed E-state index contributed by atoms with van der Waals surface area (Å²) in [6.45, 7) is 15.1. The van der Waals surface area contributed by atoms with Crippen LogP contribution < -0.4 is 0 Å². The van der Waals surface area contributed by atoms with Gasteiger partial charge in [-0.25, -0.2) is 4.79 Å². The van der Waals surface area contributed by atoms with Crippen molar-refractivity contribution in [3.63, 3.8) is 0 Å². The highest BCUT2D eigenvalue weighted by Crippen LogP contribution is 2.45. The van der Waals surface area contributed by atoms with Crippen molar-refractivity contribution in [2.75, 3.05) is 0 Å². The number of aliphatic hydroxyl groups excluding tert-OH is 4. The molecule has 0 aromatic carbocycles. The topological polar surface area (TPSA) is 163 Å². The van der Waals surface area contributed by atoms with Crippen LogP contribution in [-0.4, -0.2) is 91.4 Å². The van der Waals surface area contributed by atoms with Crippen LogP contribution in [0.2, 0.25) is 0 Å². The van der Waals surface area contributed by atoms with Gasteiger partial charge < -0.3 is 39.7 Å². The summed E-state index contributed by atoms with van der Waals surface area (Å²) in [6.07, 6.45) is 6.39. The molecule has 0 amide bonds. The Morgan fingerprint density at radius 1 is 0.960 bits per heavy atom. The van der Waals surface area contributed by atoms with Crippen LogP contribution >= 0.6 is 0 Å². The fraction of sp³-hybridized carbons (Fsp3) is 0.850. The van der Waals surface area contributed by atoms with E-state index >= 15 is 0 Å². The normalized spacial score (nSPS) is 43.8. The Morgan fingerprint density at radius 3 is 2.32 bits per heavy atom. The fourth-order valence-electron chi connectivity index (χ4n) is 7.69. The van der Waals surface area contributed by atoms with Gasteiger partial charge in [-0.15, -0.1) is 0 Å². The third-order valence-corrected chi connectivity index (χ3v) is 11.6. The highest BCUT2D eigenvalue weighted by molar-refractivity contribution is 5.83. The van der Waals surface area contributed by atoms with E-state index in [0.29, 0.717) is 44.9 Å². The summed E-state index contributed by atoms with van der Waals surface area (Å²) in [7, 11) is 0. The minimum absolute atomic E-state index is 0.0337. The maximum Gasteiger partial charge on any atom is 0.330 e. The zero-order valence-electron chi connectivity index (χ0n) is 31.9. The Hall–Kier alpha value is -1.66. The van der Waals surface area contributed by atoms with E-state index in [1.807, 2.05) is 26.0 Å². The minimum Gasteiger partial charge on any atom is -0.459 e. The lowest BCUT2D eigenvalue weighted by molar-refractivity contribution is -0.346. The maximum atomic E-state index is 14.0. The highest BCUT2D eigenvalue weighted by atomic mass is 16.7. The van der Waals surface area contributed by atoms with E-state index in [9.17, 15) is 35.1 Å². The Morgan fingerprint density at radius 2 is 1.66 bits per heavy atom. The minimum atomic E-state index is -1.45. The molecule has 5 N–H and O–H groups in total. The van der Waals surface area contributed by atoms with Gasteiger partial charge in [-0.1, -0.05) is 66.7 Å². The van der Waals surface area contributed by atoms with Crippen molar-refractivity contribution in [3.05, 3.63) is 24.3 Å². The number of Topliss-reactive ketones (excluding diaryl/α,β-unsaturated/α-hetero) is 1. The molecule has 3 aliphatic heterocycles. The Labute approximate surface area is 300 Å². The average molecular weight is 709 g/mol. The van der Waals surface area contributed by atoms with Crippen LogP contribution in [0.5, 0.6) is 0 Å². The van der Waals surface area contributed by atoms with Crippen molar-refractivity contribution in [1.82, 2.24) is 0 Å². The lowest BCUT2D eigenvalue weighted by atomic mass is 9.79. The Balaban J connectivity index is 1.96. The van der Waals surface area contributed by atoms with E-state index in [1.165, 1.54) is 6.08 Å². The van der Waals surface area contributed by atoms with Gasteiger partial charge in [0.2, 0.25) is 0 Å². The molecule has 3 rings (SSSR count). The Kier molecular flexibility index (Phi) is 16.2. The molecule has 2 bridgehead atoms. The molecule has 2 saturated heterocycles. The number of aliphatic hydroxyl groups is 5. The summed E-state index contributed by atoms with van der Waals surface area (Å²) in [5.41, 5.74) is -1.45. The number of fused-ring (bicyclic) bond motifs is 2. The number of carbonyl (C=O) groups is 2. The first kappa shape index (κ1) is 42.8. The number of allylic oxidation sites excluding steroid dienone is 2. The molecular weight excluding hydrogens is 640 g/mol. The van der Waals surface area contributed by atoms with Crippen LogP contribution in [0.15, 0.2) is 24.3 Å². The number of ether oxygens (including phenoxy) is 3. The van der Waals surface area contributed by atoms with Crippen molar-refractivity contribution in [2.24, 2.45) is 35.5 Å². The third-order valence-electron chi connectivity index (χ3n) is 11.6. The fourth-order valence-corrected chi connectivity index (χ4v) is 7.69. The summed E-state index contributed by atoms with van der Waals surface area (Å²) in [4.78, 5) is 27.3. The number of esters is 1. The number of hydrogen-bond acceptors (Lipinski definition) is 10. The summed E-state index contributed by atoms with van der Waals surface area (Å²) in [5.74, 6) is -2.97.